The maximum Gasteiger partial charge on any atom is 0.269 e. The lowest BCUT2D eigenvalue weighted by Gasteiger charge is -2.06. The Morgan fingerprint density at radius 3 is 1.63 bits per heavy atom. The van der Waals surface area contributed by atoms with Crippen LogP contribution >= 0.6 is 31.9 Å². The van der Waals surface area contributed by atoms with Crippen LogP contribution in [0.2, 0.25) is 0 Å². The van der Waals surface area contributed by atoms with Gasteiger partial charge in [0.15, 0.2) is 0 Å². The monoisotopic (exact) mass is 498 g/mol. The molecule has 0 aliphatic rings. The largest absolute Gasteiger partial charge is 0.290 e. The predicted molar refractivity (Wildman–Crippen MR) is 111 cm³/mol. The Morgan fingerprint density at radius 1 is 0.815 bits per heavy atom. The lowest BCUT2D eigenvalue weighted by atomic mass is 10.1. The van der Waals surface area contributed by atoms with Crippen LogP contribution in [0.3, 0.4) is 0 Å². The molecule has 0 radical (unpaired) electrons. The molecule has 0 aromatic heterocycles. The van der Waals surface area contributed by atoms with E-state index < -0.39 is 0 Å². The fourth-order valence-electron chi connectivity index (χ4n) is 1.87. The zero-order valence-corrected chi connectivity index (χ0v) is 18.2. The SMILES string of the molecule is CC(=O)NNC(=O)c1ccc(Br)c(C)c1.Cc1cc(C(=O)NN)ccc1Br. The van der Waals surface area contributed by atoms with Gasteiger partial charge in [-0.25, -0.2) is 5.84 Å². The van der Waals surface area contributed by atoms with E-state index in [1.165, 1.54) is 6.92 Å². The van der Waals surface area contributed by atoms with E-state index in [0.717, 1.165) is 20.1 Å². The Morgan fingerprint density at radius 2 is 1.26 bits per heavy atom. The standard InChI is InChI=1S/C10H11BrN2O2.C8H9BrN2O/c1-6-5-8(3-4-9(6)11)10(15)13-12-7(2)14;1-5-4-6(8(12)11-10)2-3-7(5)9/h3-5H,1-2H3,(H,12,14)(H,13,15);2-4H,10H2,1H3,(H,11,12). The number of nitrogens with one attached hydrogen (secondary N) is 3. The van der Waals surface area contributed by atoms with Gasteiger partial charge in [-0.15, -0.1) is 0 Å². The first-order chi connectivity index (χ1) is 12.6. The van der Waals surface area contributed by atoms with Gasteiger partial charge in [0.25, 0.3) is 11.8 Å². The van der Waals surface area contributed by atoms with Gasteiger partial charge in [0.05, 0.1) is 0 Å². The molecule has 0 spiro atoms. The fraction of sp³-hybridized carbons (Fsp3) is 0.167. The maximum absolute atomic E-state index is 11.5. The Kier molecular flexibility index (Phi) is 9.13. The Bertz CT molecular complexity index is 856. The van der Waals surface area contributed by atoms with Crippen molar-refractivity contribution in [3.05, 3.63) is 67.6 Å². The highest BCUT2D eigenvalue weighted by molar-refractivity contribution is 9.10. The summed E-state index contributed by atoms with van der Waals surface area (Å²) in [7, 11) is 0. The molecule has 5 N–H and O–H groups in total. The fourth-order valence-corrected chi connectivity index (χ4v) is 2.37. The van der Waals surface area contributed by atoms with Crippen LogP contribution in [-0.2, 0) is 4.79 Å². The average molecular weight is 500 g/mol. The van der Waals surface area contributed by atoms with Gasteiger partial charge in [-0.1, -0.05) is 31.9 Å². The van der Waals surface area contributed by atoms with E-state index in [0.29, 0.717) is 11.1 Å². The van der Waals surface area contributed by atoms with Crippen molar-refractivity contribution in [2.24, 2.45) is 5.84 Å². The van der Waals surface area contributed by atoms with Gasteiger partial charge in [-0.05, 0) is 61.4 Å². The van der Waals surface area contributed by atoms with Crippen molar-refractivity contribution >= 4 is 49.6 Å². The Hall–Kier alpha value is -2.23. The number of aryl methyl sites for hydroxylation is 2. The van der Waals surface area contributed by atoms with Crippen molar-refractivity contribution in [1.82, 2.24) is 16.3 Å². The maximum atomic E-state index is 11.5. The van der Waals surface area contributed by atoms with Gasteiger partial charge in [0.2, 0.25) is 5.91 Å². The Labute approximate surface area is 174 Å². The molecule has 144 valence electrons. The summed E-state index contributed by atoms with van der Waals surface area (Å²) in [5.74, 6) is 4.07. The third-order valence-corrected chi connectivity index (χ3v) is 5.10. The number of carbonyl (C=O) groups excluding carboxylic acids is 3. The molecule has 0 aliphatic carbocycles. The molecule has 9 heteroatoms. The number of amides is 3. The van der Waals surface area contributed by atoms with E-state index in [9.17, 15) is 14.4 Å². The molecule has 2 aromatic carbocycles. The minimum absolute atomic E-state index is 0.273. The highest BCUT2D eigenvalue weighted by Crippen LogP contribution is 2.17. The van der Waals surface area contributed by atoms with Crippen molar-refractivity contribution in [3.63, 3.8) is 0 Å². The molecule has 0 unspecified atom stereocenters. The van der Waals surface area contributed by atoms with Gasteiger partial charge >= 0.3 is 0 Å². The van der Waals surface area contributed by atoms with Crippen molar-refractivity contribution in [1.29, 1.82) is 0 Å². The summed E-state index contributed by atoms with van der Waals surface area (Å²) >= 11 is 6.68. The second-order valence-electron chi connectivity index (χ2n) is 5.54. The second-order valence-corrected chi connectivity index (χ2v) is 7.25. The molecule has 27 heavy (non-hydrogen) atoms. The van der Waals surface area contributed by atoms with Crippen molar-refractivity contribution < 1.29 is 14.4 Å². The molecule has 0 saturated heterocycles. The second kappa shape index (κ2) is 10.8. The number of hydrogen-bond acceptors (Lipinski definition) is 4. The van der Waals surface area contributed by atoms with E-state index in [4.69, 9.17) is 5.84 Å². The van der Waals surface area contributed by atoms with Crippen LogP contribution in [0.1, 0.15) is 38.8 Å². The summed E-state index contributed by atoms with van der Waals surface area (Å²) in [6.45, 7) is 5.13. The van der Waals surface area contributed by atoms with Crippen molar-refractivity contribution in [3.8, 4) is 0 Å². The number of carbonyl (C=O) groups is 3. The molecule has 0 heterocycles. The number of benzene rings is 2. The highest BCUT2D eigenvalue weighted by atomic mass is 79.9. The molecule has 0 atom stereocenters. The minimum atomic E-state index is -0.333. The lowest BCUT2D eigenvalue weighted by Crippen LogP contribution is -2.40. The first kappa shape index (κ1) is 22.8. The van der Waals surface area contributed by atoms with Gasteiger partial charge in [-0.2, -0.15) is 0 Å². The zero-order valence-electron chi connectivity index (χ0n) is 15.0. The number of rotatable bonds is 2. The van der Waals surface area contributed by atoms with Crippen LogP contribution in [0.4, 0.5) is 0 Å². The molecule has 0 aliphatic heterocycles. The third kappa shape index (κ3) is 7.49. The quantitative estimate of drug-likeness (QED) is 0.289. The molecule has 0 saturated carbocycles. The third-order valence-electron chi connectivity index (χ3n) is 3.32. The van der Waals surface area contributed by atoms with Crippen LogP contribution in [-0.4, -0.2) is 17.7 Å². The topological polar surface area (TPSA) is 113 Å². The highest BCUT2D eigenvalue weighted by Gasteiger charge is 2.06. The normalized spacial score (nSPS) is 9.56. The smallest absolute Gasteiger partial charge is 0.269 e. The van der Waals surface area contributed by atoms with Gasteiger partial charge < -0.3 is 0 Å². The van der Waals surface area contributed by atoms with Crippen LogP contribution in [0.15, 0.2) is 45.3 Å². The number of halogens is 2. The lowest BCUT2D eigenvalue weighted by molar-refractivity contribution is -0.119. The summed E-state index contributed by atoms with van der Waals surface area (Å²) in [6.07, 6.45) is 0. The van der Waals surface area contributed by atoms with E-state index in [1.54, 1.807) is 30.3 Å². The molecule has 0 bridgehead atoms. The molecule has 3 amide bonds. The molecular weight excluding hydrogens is 480 g/mol. The zero-order chi connectivity index (χ0) is 20.6. The van der Waals surface area contributed by atoms with Gasteiger partial charge in [0.1, 0.15) is 0 Å². The number of hydrogen-bond donors (Lipinski definition) is 4. The van der Waals surface area contributed by atoms with Crippen LogP contribution < -0.4 is 22.1 Å². The summed E-state index contributed by atoms with van der Waals surface area (Å²) in [5.41, 5.74) is 9.64. The van der Waals surface area contributed by atoms with Gasteiger partial charge in [0, 0.05) is 27.0 Å². The summed E-state index contributed by atoms with van der Waals surface area (Å²) in [5, 5.41) is 0. The molecule has 2 aromatic rings. The number of nitrogen functional groups attached to an aromatic ring is 1. The molecule has 7 nitrogen and oxygen atoms in total. The van der Waals surface area contributed by atoms with Crippen LogP contribution in [0, 0.1) is 13.8 Å². The Balaban J connectivity index is 0.000000277. The van der Waals surface area contributed by atoms with Gasteiger partial charge in [-0.3, -0.25) is 30.7 Å². The number of nitrogens with two attached hydrogens (primary N) is 1. The van der Waals surface area contributed by atoms with E-state index in [2.05, 4.69) is 48.1 Å². The van der Waals surface area contributed by atoms with Crippen LogP contribution in [0.25, 0.3) is 0 Å². The number of hydrazine groups is 2. The van der Waals surface area contributed by atoms with E-state index >= 15 is 0 Å². The first-order valence-corrected chi connectivity index (χ1v) is 9.34. The molecular formula is C18H20Br2N4O3. The minimum Gasteiger partial charge on any atom is -0.290 e. The molecule has 0 fully saturated rings. The molecule has 2 rings (SSSR count). The van der Waals surface area contributed by atoms with Crippen LogP contribution in [0.5, 0.6) is 0 Å². The van der Waals surface area contributed by atoms with E-state index in [1.807, 2.05) is 19.9 Å². The average Bonchev–Trinajstić information content (AvgIpc) is 2.64. The summed E-state index contributed by atoms with van der Waals surface area (Å²) in [4.78, 5) is 33.1. The van der Waals surface area contributed by atoms with Crippen molar-refractivity contribution in [2.45, 2.75) is 20.8 Å². The summed E-state index contributed by atoms with van der Waals surface area (Å²) in [6, 6.07) is 10.5. The first-order valence-electron chi connectivity index (χ1n) is 7.76. The predicted octanol–water partition coefficient (Wildman–Crippen LogP) is 2.90. The summed E-state index contributed by atoms with van der Waals surface area (Å²) < 4.78 is 1.93. The van der Waals surface area contributed by atoms with Crippen molar-refractivity contribution in [2.75, 3.05) is 0 Å². The van der Waals surface area contributed by atoms with E-state index in [-0.39, 0.29) is 17.7 Å².